The van der Waals surface area contributed by atoms with Gasteiger partial charge in [-0.1, -0.05) is 12.1 Å². The molecule has 3 aromatic rings. The number of hydrogen-bond acceptors (Lipinski definition) is 6. The summed E-state index contributed by atoms with van der Waals surface area (Å²) in [4.78, 5) is 21.9. The van der Waals surface area contributed by atoms with Gasteiger partial charge in [0.1, 0.15) is 11.4 Å². The van der Waals surface area contributed by atoms with Gasteiger partial charge in [-0.25, -0.2) is 21.6 Å². The van der Waals surface area contributed by atoms with Crippen LogP contribution in [0.25, 0.3) is 0 Å². The maximum absolute atomic E-state index is 13.6. The highest BCUT2D eigenvalue weighted by Crippen LogP contribution is 2.38. The number of carbonyl (C=O) groups is 1. The third-order valence-corrected chi connectivity index (χ3v) is 6.87. The molecule has 0 aliphatic carbocycles. The van der Waals surface area contributed by atoms with Crippen molar-refractivity contribution in [3.05, 3.63) is 99.4 Å². The molecule has 0 heterocycles. The summed E-state index contributed by atoms with van der Waals surface area (Å²) in [6.45, 7) is 0. The molecule has 1 unspecified atom stereocenters. The number of amides is 1. The van der Waals surface area contributed by atoms with Crippen LogP contribution in [0.4, 0.5) is 37.7 Å². The molecule has 0 fully saturated rings. The minimum atomic E-state index is -5.22. The summed E-state index contributed by atoms with van der Waals surface area (Å²) >= 11 is 0. The van der Waals surface area contributed by atoms with Crippen molar-refractivity contribution >= 4 is 27.1 Å². The molecule has 8 nitrogen and oxygen atoms in total. The number of anilines is 1. The van der Waals surface area contributed by atoms with Gasteiger partial charge >= 0.3 is 6.18 Å². The number of nitro benzene ring substituents is 1. The lowest BCUT2D eigenvalue weighted by Crippen LogP contribution is -2.46. The first-order valence-corrected chi connectivity index (χ1v) is 11.5. The topological polar surface area (TPSA) is 127 Å². The summed E-state index contributed by atoms with van der Waals surface area (Å²) in [6.07, 6.45) is -5.22. The van der Waals surface area contributed by atoms with Crippen LogP contribution in [-0.4, -0.2) is 30.1 Å². The molecule has 3 aromatic carbocycles. The van der Waals surface area contributed by atoms with Crippen LogP contribution in [0.1, 0.15) is 11.1 Å². The molecule has 15 heteroatoms. The van der Waals surface area contributed by atoms with Crippen molar-refractivity contribution in [2.45, 2.75) is 16.7 Å². The van der Waals surface area contributed by atoms with E-state index in [1.807, 2.05) is 5.32 Å². The van der Waals surface area contributed by atoms with Crippen molar-refractivity contribution in [2.75, 3.05) is 11.1 Å². The van der Waals surface area contributed by atoms with Crippen LogP contribution >= 0.6 is 0 Å². The van der Waals surface area contributed by atoms with Gasteiger partial charge in [-0.2, -0.15) is 13.2 Å². The molecule has 1 amide bonds. The van der Waals surface area contributed by atoms with Crippen LogP contribution < -0.4 is 5.32 Å². The predicted molar refractivity (Wildman–Crippen MR) is 115 cm³/mol. The fourth-order valence-electron chi connectivity index (χ4n) is 3.27. The molecule has 0 saturated heterocycles. The number of hydrogen-bond donors (Lipinski definition) is 2. The van der Waals surface area contributed by atoms with Gasteiger partial charge in [0.25, 0.3) is 11.6 Å². The molecular formula is C22H14F6N2O6S. The van der Waals surface area contributed by atoms with E-state index in [4.69, 9.17) is 0 Å². The van der Waals surface area contributed by atoms with E-state index in [2.05, 4.69) is 0 Å². The Labute approximate surface area is 204 Å². The Hall–Kier alpha value is -3.98. The highest BCUT2D eigenvalue weighted by Gasteiger charge is 2.44. The molecule has 0 aliphatic heterocycles. The zero-order chi connectivity index (χ0) is 27.8. The normalized spacial score (nSPS) is 13.6. The van der Waals surface area contributed by atoms with Crippen LogP contribution in [0.5, 0.6) is 0 Å². The summed E-state index contributed by atoms with van der Waals surface area (Å²) in [7, 11) is -4.78. The van der Waals surface area contributed by atoms with E-state index < -0.39 is 83.0 Å². The van der Waals surface area contributed by atoms with Crippen LogP contribution in [0.15, 0.2) is 65.6 Å². The van der Waals surface area contributed by atoms with Crippen molar-refractivity contribution in [3.8, 4) is 0 Å². The average molecular weight is 548 g/mol. The maximum Gasteiger partial charge on any atom is 0.423 e. The number of sulfone groups is 1. The number of rotatable bonds is 7. The maximum atomic E-state index is 13.6. The number of aliphatic hydroxyl groups is 1. The molecule has 0 bridgehead atoms. The Balaban J connectivity index is 2.07. The fraction of sp³-hybridized carbons (Fsp3) is 0.136. The second-order valence-corrected chi connectivity index (χ2v) is 9.63. The van der Waals surface area contributed by atoms with Gasteiger partial charge in [-0.3, -0.25) is 14.9 Å². The van der Waals surface area contributed by atoms with Crippen molar-refractivity contribution in [2.24, 2.45) is 0 Å². The van der Waals surface area contributed by atoms with E-state index in [-0.39, 0.29) is 6.07 Å². The van der Waals surface area contributed by atoms with E-state index >= 15 is 0 Å². The van der Waals surface area contributed by atoms with Crippen molar-refractivity contribution < 1.29 is 49.6 Å². The number of alkyl halides is 3. The first-order chi connectivity index (χ1) is 17.0. The Bertz CT molecular complexity index is 1480. The molecule has 0 saturated carbocycles. The van der Waals surface area contributed by atoms with E-state index in [0.717, 1.165) is 24.3 Å². The molecule has 0 aromatic heterocycles. The summed E-state index contributed by atoms with van der Waals surface area (Å²) in [6, 6.07) is 5.94. The second kappa shape index (κ2) is 9.82. The zero-order valence-corrected chi connectivity index (χ0v) is 18.9. The highest BCUT2D eigenvalue weighted by molar-refractivity contribution is 7.91. The van der Waals surface area contributed by atoms with E-state index in [0.29, 0.717) is 30.3 Å². The first-order valence-electron chi connectivity index (χ1n) is 9.88. The van der Waals surface area contributed by atoms with Crippen LogP contribution in [0.3, 0.4) is 0 Å². The van der Waals surface area contributed by atoms with E-state index in [1.54, 1.807) is 0 Å². The van der Waals surface area contributed by atoms with Gasteiger partial charge in [0.05, 0.1) is 15.6 Å². The first kappa shape index (κ1) is 27.6. The molecule has 196 valence electrons. The van der Waals surface area contributed by atoms with Crippen molar-refractivity contribution in [1.82, 2.24) is 0 Å². The summed E-state index contributed by atoms with van der Waals surface area (Å²) in [5.74, 6) is -6.93. The van der Waals surface area contributed by atoms with E-state index in [1.165, 1.54) is 0 Å². The Morgan fingerprint density at radius 2 is 1.57 bits per heavy atom. The van der Waals surface area contributed by atoms with Gasteiger partial charge in [0, 0.05) is 11.8 Å². The average Bonchev–Trinajstić information content (AvgIpc) is 2.80. The standard InChI is InChI=1S/C22H14F6N2O6S/c23-13-3-1-12(2-4-13)21(32,11-37(35,36)15-6-7-17(24)18(25)10-15)20(31)29-14-5-8-19(30(33)34)16(9-14)22(26,27)28/h1-10,32H,11H2,(H,29,31). The quantitative estimate of drug-likeness (QED) is 0.196. The van der Waals surface area contributed by atoms with Crippen molar-refractivity contribution in [3.63, 3.8) is 0 Å². The summed E-state index contributed by atoms with van der Waals surface area (Å²) in [5, 5.41) is 24.0. The molecular weight excluding hydrogens is 534 g/mol. The van der Waals surface area contributed by atoms with Crippen LogP contribution in [-0.2, 0) is 26.4 Å². The number of nitrogens with zero attached hydrogens (tertiary/aromatic N) is 1. The Kier molecular flexibility index (Phi) is 7.32. The number of carbonyl (C=O) groups excluding carboxylic acids is 1. The lowest BCUT2D eigenvalue weighted by atomic mass is 9.94. The number of halogens is 6. The number of nitro groups is 1. The third-order valence-electron chi connectivity index (χ3n) is 5.10. The lowest BCUT2D eigenvalue weighted by molar-refractivity contribution is -0.388. The Morgan fingerprint density at radius 1 is 0.946 bits per heavy atom. The van der Waals surface area contributed by atoms with Crippen LogP contribution in [0, 0.1) is 27.6 Å². The van der Waals surface area contributed by atoms with Gasteiger partial charge in [0.15, 0.2) is 27.1 Å². The van der Waals surface area contributed by atoms with E-state index in [9.17, 15) is 54.8 Å². The highest BCUT2D eigenvalue weighted by atomic mass is 32.2. The van der Waals surface area contributed by atoms with Gasteiger partial charge in [-0.15, -0.1) is 0 Å². The molecule has 0 aliphatic rings. The molecule has 3 rings (SSSR count). The second-order valence-electron chi connectivity index (χ2n) is 7.64. The SMILES string of the molecule is O=C(Nc1ccc([N+](=O)[O-])c(C(F)(F)F)c1)C(O)(CS(=O)(=O)c1ccc(F)c(F)c1)c1ccc(F)cc1. The molecule has 37 heavy (non-hydrogen) atoms. The van der Waals surface area contributed by atoms with Crippen molar-refractivity contribution in [1.29, 1.82) is 0 Å². The van der Waals surface area contributed by atoms with Gasteiger partial charge in [0.2, 0.25) is 0 Å². The third kappa shape index (κ3) is 5.89. The fourth-order valence-corrected chi connectivity index (χ4v) is 4.84. The smallest absolute Gasteiger partial charge is 0.374 e. The molecule has 1 atom stereocenters. The minimum Gasteiger partial charge on any atom is -0.374 e. The van der Waals surface area contributed by atoms with Crippen LogP contribution in [0.2, 0.25) is 0 Å². The minimum absolute atomic E-state index is 0.199. The summed E-state index contributed by atoms with van der Waals surface area (Å²) in [5.41, 5.74) is -7.39. The van der Waals surface area contributed by atoms with Gasteiger partial charge < -0.3 is 10.4 Å². The Morgan fingerprint density at radius 3 is 2.11 bits per heavy atom. The largest absolute Gasteiger partial charge is 0.423 e. The zero-order valence-electron chi connectivity index (χ0n) is 18.1. The lowest BCUT2D eigenvalue weighted by Gasteiger charge is -2.27. The molecule has 2 N–H and O–H groups in total. The monoisotopic (exact) mass is 548 g/mol. The van der Waals surface area contributed by atoms with Gasteiger partial charge in [-0.05, 0) is 48.0 Å². The molecule has 0 spiro atoms. The molecule has 0 radical (unpaired) electrons. The summed E-state index contributed by atoms with van der Waals surface area (Å²) < 4.78 is 106. The number of nitrogens with one attached hydrogen (secondary N) is 1. The number of benzene rings is 3. The predicted octanol–water partition coefficient (Wildman–Crippen LogP) is 4.33.